The molecule has 1 aliphatic rings. The maximum absolute atomic E-state index is 9.47. The molecule has 2 N–H and O–H groups in total. The summed E-state index contributed by atoms with van der Waals surface area (Å²) in [4.78, 5) is 2.41. The first-order valence-corrected chi connectivity index (χ1v) is 7.78. The summed E-state index contributed by atoms with van der Waals surface area (Å²) in [7, 11) is 0. The first-order chi connectivity index (χ1) is 9.15. The van der Waals surface area contributed by atoms with Crippen LogP contribution in [0.25, 0.3) is 0 Å². The summed E-state index contributed by atoms with van der Waals surface area (Å²) in [6.07, 6.45) is 3.61. The van der Waals surface area contributed by atoms with Crippen LogP contribution in [0, 0.1) is 5.41 Å². The quantitative estimate of drug-likeness (QED) is 0.624. The molecule has 0 aromatic carbocycles. The van der Waals surface area contributed by atoms with E-state index in [0.717, 1.165) is 32.8 Å². The molecule has 19 heavy (non-hydrogen) atoms. The first kappa shape index (κ1) is 16.9. The first-order valence-electron chi connectivity index (χ1n) is 7.78. The molecule has 1 saturated heterocycles. The third-order valence-electron chi connectivity index (χ3n) is 3.98. The van der Waals surface area contributed by atoms with Gasteiger partial charge in [-0.3, -0.25) is 4.90 Å². The molecule has 4 nitrogen and oxygen atoms in total. The van der Waals surface area contributed by atoms with Crippen molar-refractivity contribution in [2.24, 2.45) is 5.41 Å². The Balaban J connectivity index is 2.54. The van der Waals surface area contributed by atoms with Crippen LogP contribution >= 0.6 is 0 Å². The molecule has 0 aromatic heterocycles. The van der Waals surface area contributed by atoms with Gasteiger partial charge in [-0.1, -0.05) is 27.2 Å². The van der Waals surface area contributed by atoms with Gasteiger partial charge in [0.2, 0.25) is 0 Å². The van der Waals surface area contributed by atoms with E-state index in [4.69, 9.17) is 4.74 Å². The second-order valence-corrected chi connectivity index (χ2v) is 6.12. The van der Waals surface area contributed by atoms with Crippen LogP contribution in [0.15, 0.2) is 0 Å². The molecule has 1 heterocycles. The van der Waals surface area contributed by atoms with Crippen LogP contribution in [-0.4, -0.2) is 62.0 Å². The molecular formula is C15H32N2O2. The summed E-state index contributed by atoms with van der Waals surface area (Å²) in [5, 5.41) is 13.0. The number of morpholine rings is 1. The Morgan fingerprint density at radius 2 is 2.16 bits per heavy atom. The lowest BCUT2D eigenvalue weighted by atomic mass is 9.84. The highest BCUT2D eigenvalue weighted by Crippen LogP contribution is 2.25. The monoisotopic (exact) mass is 272 g/mol. The second kappa shape index (κ2) is 8.90. The van der Waals surface area contributed by atoms with E-state index in [1.165, 1.54) is 19.3 Å². The van der Waals surface area contributed by atoms with Crippen LogP contribution < -0.4 is 5.32 Å². The smallest absolute Gasteiger partial charge is 0.0644 e. The Morgan fingerprint density at radius 1 is 1.37 bits per heavy atom. The molecule has 114 valence electrons. The van der Waals surface area contributed by atoms with Gasteiger partial charge < -0.3 is 15.2 Å². The van der Waals surface area contributed by atoms with Gasteiger partial charge in [-0.25, -0.2) is 0 Å². The third kappa shape index (κ3) is 5.78. The average molecular weight is 272 g/mol. The van der Waals surface area contributed by atoms with Crippen LogP contribution in [0.2, 0.25) is 0 Å². The van der Waals surface area contributed by atoms with Crippen molar-refractivity contribution in [3.8, 4) is 0 Å². The molecule has 0 aliphatic carbocycles. The largest absolute Gasteiger partial charge is 0.395 e. The summed E-state index contributed by atoms with van der Waals surface area (Å²) in [6, 6.07) is 0.177. The van der Waals surface area contributed by atoms with Crippen LogP contribution in [0.1, 0.15) is 40.0 Å². The molecule has 0 radical (unpaired) electrons. The van der Waals surface area contributed by atoms with Crippen molar-refractivity contribution in [3.05, 3.63) is 0 Å². The Bertz CT molecular complexity index is 238. The van der Waals surface area contributed by atoms with Crippen LogP contribution in [0.3, 0.4) is 0 Å². The van der Waals surface area contributed by atoms with Crippen LogP contribution in [-0.2, 0) is 4.74 Å². The third-order valence-corrected chi connectivity index (χ3v) is 3.98. The predicted octanol–water partition coefficient (Wildman–Crippen LogP) is 1.49. The Hall–Kier alpha value is -0.160. The highest BCUT2D eigenvalue weighted by molar-refractivity contribution is 4.85. The maximum Gasteiger partial charge on any atom is 0.0644 e. The van der Waals surface area contributed by atoms with Gasteiger partial charge in [-0.15, -0.1) is 0 Å². The lowest BCUT2D eigenvalue weighted by molar-refractivity contribution is -0.0436. The normalized spacial score (nSPS) is 24.3. The lowest BCUT2D eigenvalue weighted by Gasteiger charge is -2.41. The van der Waals surface area contributed by atoms with Gasteiger partial charge in [0.25, 0.3) is 0 Å². The van der Waals surface area contributed by atoms with Gasteiger partial charge >= 0.3 is 0 Å². The molecule has 2 unspecified atom stereocenters. The van der Waals surface area contributed by atoms with E-state index in [2.05, 4.69) is 31.0 Å². The van der Waals surface area contributed by atoms with Crippen molar-refractivity contribution < 1.29 is 9.84 Å². The number of rotatable bonds is 9. The molecule has 0 amide bonds. The van der Waals surface area contributed by atoms with Gasteiger partial charge in [0.1, 0.15) is 0 Å². The van der Waals surface area contributed by atoms with Crippen molar-refractivity contribution in [2.75, 3.05) is 46.0 Å². The van der Waals surface area contributed by atoms with Crippen molar-refractivity contribution >= 4 is 0 Å². The highest BCUT2D eigenvalue weighted by Gasteiger charge is 2.31. The summed E-state index contributed by atoms with van der Waals surface area (Å²) in [5.41, 5.74) is 0.286. The minimum absolute atomic E-state index is 0.177. The SMILES string of the molecule is CCCNCC(C)(CCC)CN1CCOCC1CO. The van der Waals surface area contributed by atoms with Crippen molar-refractivity contribution in [3.63, 3.8) is 0 Å². The number of ether oxygens (including phenoxy) is 1. The van der Waals surface area contributed by atoms with Crippen LogP contribution in [0.5, 0.6) is 0 Å². The van der Waals surface area contributed by atoms with Gasteiger partial charge in [-0.05, 0) is 24.8 Å². The fraction of sp³-hybridized carbons (Fsp3) is 1.00. The lowest BCUT2D eigenvalue weighted by Crippen LogP contribution is -2.53. The van der Waals surface area contributed by atoms with E-state index in [1.807, 2.05) is 0 Å². The summed E-state index contributed by atoms with van der Waals surface area (Å²) >= 11 is 0. The summed E-state index contributed by atoms with van der Waals surface area (Å²) < 4.78 is 5.46. The molecule has 1 rings (SSSR count). The number of hydrogen-bond donors (Lipinski definition) is 2. The molecular weight excluding hydrogens is 240 g/mol. The van der Waals surface area contributed by atoms with Gasteiger partial charge in [0.15, 0.2) is 0 Å². The van der Waals surface area contributed by atoms with E-state index >= 15 is 0 Å². The topological polar surface area (TPSA) is 44.7 Å². The molecule has 0 spiro atoms. The van der Waals surface area contributed by atoms with Gasteiger partial charge in [-0.2, -0.15) is 0 Å². The second-order valence-electron chi connectivity index (χ2n) is 6.12. The Labute approximate surface area is 118 Å². The van der Waals surface area contributed by atoms with E-state index in [-0.39, 0.29) is 18.1 Å². The minimum Gasteiger partial charge on any atom is -0.395 e. The van der Waals surface area contributed by atoms with E-state index < -0.39 is 0 Å². The standard InChI is InChI=1S/C15H32N2O2/c1-4-6-15(3,12-16-7-5-2)13-17-8-9-19-11-14(17)10-18/h14,16,18H,4-13H2,1-3H3. The summed E-state index contributed by atoms with van der Waals surface area (Å²) in [5.74, 6) is 0. The zero-order valence-electron chi connectivity index (χ0n) is 13.0. The molecule has 1 fully saturated rings. The van der Waals surface area contributed by atoms with Crippen molar-refractivity contribution in [2.45, 2.75) is 46.1 Å². The molecule has 1 aliphatic heterocycles. The number of nitrogens with zero attached hydrogens (tertiary/aromatic N) is 1. The van der Waals surface area contributed by atoms with Crippen LogP contribution in [0.4, 0.5) is 0 Å². The molecule has 0 bridgehead atoms. The molecule has 0 aromatic rings. The Morgan fingerprint density at radius 3 is 2.79 bits per heavy atom. The van der Waals surface area contributed by atoms with E-state index in [0.29, 0.717) is 6.61 Å². The van der Waals surface area contributed by atoms with Crippen molar-refractivity contribution in [1.29, 1.82) is 0 Å². The maximum atomic E-state index is 9.47. The zero-order valence-corrected chi connectivity index (χ0v) is 13.0. The predicted molar refractivity (Wildman–Crippen MR) is 79.4 cm³/mol. The highest BCUT2D eigenvalue weighted by atomic mass is 16.5. The number of aliphatic hydroxyl groups is 1. The minimum atomic E-state index is 0.177. The van der Waals surface area contributed by atoms with E-state index in [9.17, 15) is 5.11 Å². The number of nitrogens with one attached hydrogen (secondary N) is 1. The number of hydrogen-bond acceptors (Lipinski definition) is 4. The molecule has 4 heteroatoms. The zero-order chi connectivity index (χ0) is 14.1. The fourth-order valence-corrected chi connectivity index (χ4v) is 2.95. The fourth-order valence-electron chi connectivity index (χ4n) is 2.95. The average Bonchev–Trinajstić information content (AvgIpc) is 2.40. The molecule has 0 saturated carbocycles. The summed E-state index contributed by atoms with van der Waals surface area (Å²) in [6.45, 7) is 12.6. The van der Waals surface area contributed by atoms with Crippen molar-refractivity contribution in [1.82, 2.24) is 10.2 Å². The molecule has 2 atom stereocenters. The van der Waals surface area contributed by atoms with E-state index in [1.54, 1.807) is 0 Å². The Kier molecular flexibility index (Phi) is 7.91. The van der Waals surface area contributed by atoms with Gasteiger partial charge in [0, 0.05) is 19.6 Å². The number of aliphatic hydroxyl groups excluding tert-OH is 1. The van der Waals surface area contributed by atoms with Gasteiger partial charge in [0.05, 0.1) is 25.9 Å².